The zero-order chi connectivity index (χ0) is 65.1. The summed E-state index contributed by atoms with van der Waals surface area (Å²) >= 11 is 0. The first-order valence-corrected chi connectivity index (χ1v) is 34.5. The molecule has 0 saturated heterocycles. The van der Waals surface area contributed by atoms with Crippen LogP contribution in [0.2, 0.25) is 0 Å². The molecule has 0 nitrogen and oxygen atoms in total. The Balaban J connectivity index is 1.18. The van der Waals surface area contributed by atoms with E-state index in [0.29, 0.717) is 11.8 Å². The van der Waals surface area contributed by atoms with E-state index in [1.54, 1.807) is 0 Å². The van der Waals surface area contributed by atoms with Crippen LogP contribution in [-0.4, -0.2) is 0 Å². The van der Waals surface area contributed by atoms with Crippen molar-refractivity contribution in [2.24, 2.45) is 0 Å². The molecule has 92 heavy (non-hydrogen) atoms. The number of rotatable bonds is 4. The maximum atomic E-state index is 2.69. The van der Waals surface area contributed by atoms with Crippen molar-refractivity contribution in [2.45, 2.75) is 197 Å². The lowest BCUT2D eigenvalue weighted by atomic mass is 9.76. The molecular formula is C92H92. The first-order valence-electron chi connectivity index (χ1n) is 34.5. The van der Waals surface area contributed by atoms with Gasteiger partial charge in [-0.15, -0.1) is 0 Å². The van der Waals surface area contributed by atoms with Gasteiger partial charge in [0, 0.05) is 0 Å². The third-order valence-electron chi connectivity index (χ3n) is 22.2. The summed E-state index contributed by atoms with van der Waals surface area (Å²) < 4.78 is 0. The predicted octanol–water partition coefficient (Wildman–Crippen LogP) is 27.8. The summed E-state index contributed by atoms with van der Waals surface area (Å²) in [4.78, 5) is 0. The Labute approximate surface area is 545 Å². The highest BCUT2D eigenvalue weighted by molar-refractivity contribution is 6.48. The number of hydrogen-bond acceptors (Lipinski definition) is 0. The molecule has 0 fully saturated rings. The fourth-order valence-electron chi connectivity index (χ4n) is 16.9. The second kappa shape index (κ2) is 18.8. The molecule has 16 aromatic rings. The first kappa shape index (κ1) is 59.0. The summed E-state index contributed by atoms with van der Waals surface area (Å²) in [5.74, 6) is 0.735. The molecule has 0 heteroatoms. The van der Waals surface area contributed by atoms with E-state index in [1.165, 1.54) is 207 Å². The van der Waals surface area contributed by atoms with Gasteiger partial charge < -0.3 is 0 Å². The van der Waals surface area contributed by atoms with Crippen molar-refractivity contribution in [1.29, 1.82) is 0 Å². The van der Waals surface area contributed by atoms with Crippen LogP contribution in [0.5, 0.6) is 0 Å². The van der Waals surface area contributed by atoms with Crippen molar-refractivity contribution in [3.8, 4) is 22.3 Å². The van der Waals surface area contributed by atoms with Gasteiger partial charge in [0.15, 0.2) is 0 Å². The van der Waals surface area contributed by atoms with Gasteiger partial charge in [0.25, 0.3) is 0 Å². The largest absolute Gasteiger partial charge is 0.0587 e. The molecule has 0 N–H and O–H groups in total. The van der Waals surface area contributed by atoms with Gasteiger partial charge in [0.2, 0.25) is 0 Å². The van der Waals surface area contributed by atoms with Gasteiger partial charge in [-0.3, -0.25) is 0 Å². The third kappa shape index (κ3) is 8.32. The number of benzene rings is 14. The highest BCUT2D eigenvalue weighted by atomic mass is 14.4. The number of fused-ring (bicyclic) bond motifs is 11. The first-order chi connectivity index (χ1) is 43.1. The highest BCUT2D eigenvalue weighted by Gasteiger charge is 2.33. The van der Waals surface area contributed by atoms with Crippen molar-refractivity contribution in [1.82, 2.24) is 0 Å². The average molecular weight is 1200 g/mol. The molecule has 0 atom stereocenters. The van der Waals surface area contributed by atoms with Crippen molar-refractivity contribution in [3.05, 3.63) is 190 Å². The molecule has 0 bridgehead atoms. The third-order valence-corrected chi connectivity index (χ3v) is 22.2. The van der Waals surface area contributed by atoms with Crippen LogP contribution in [0.1, 0.15) is 209 Å². The molecule has 0 radical (unpaired) electrons. The molecule has 0 aliphatic rings. The van der Waals surface area contributed by atoms with Crippen LogP contribution in [0, 0.1) is 0 Å². The minimum atomic E-state index is -0.103. The lowest BCUT2D eigenvalue weighted by Gasteiger charge is -2.28. The lowest BCUT2D eigenvalue weighted by molar-refractivity contribution is 0.568. The minimum Gasteiger partial charge on any atom is -0.0587 e. The monoisotopic (exact) mass is 1200 g/mol. The standard InChI is InChI=1S/C92H92/c1-47(2)59-25-23-49-24-26-60(48(3)4)80-66-32-28-62-70-46-74-73(45-69(70)61-27-31-65(79(59)78(49)80)83(66)81(61)62)76(51-37-53(87(5,6)7)41-54(38-51)88(8,9)10)85-67-33-29-63-71-43-57(91(17,18)19)35-50-36-58(92(20,21)22)44-72(75(50)71)64-30-34-68(84(67)82(63)64)86(85)77(74)52-39-55(89(11,12)13)42-56(40-52)90(14,15)16/h23-48H,1-22H3. The summed E-state index contributed by atoms with van der Waals surface area (Å²) in [6, 6.07) is 60.8. The lowest BCUT2D eigenvalue weighted by Crippen LogP contribution is -2.16. The van der Waals surface area contributed by atoms with Crippen molar-refractivity contribution in [3.63, 3.8) is 0 Å². The highest BCUT2D eigenvalue weighted by Crippen LogP contribution is 2.58. The summed E-state index contributed by atoms with van der Waals surface area (Å²) in [7, 11) is 0. The van der Waals surface area contributed by atoms with Crippen LogP contribution in [0.3, 0.4) is 0 Å². The van der Waals surface area contributed by atoms with Gasteiger partial charge in [-0.25, -0.2) is 0 Å². The Morgan fingerprint density at radius 3 is 0.793 bits per heavy atom. The molecular weight excluding hydrogens is 1110 g/mol. The second-order valence-corrected chi connectivity index (χ2v) is 35.3. The van der Waals surface area contributed by atoms with Crippen LogP contribution >= 0.6 is 0 Å². The van der Waals surface area contributed by atoms with Crippen LogP contribution in [0.15, 0.2) is 146 Å². The molecule has 0 saturated carbocycles. The molecule has 16 rings (SSSR count). The maximum Gasteiger partial charge on any atom is -0.000740 e. The summed E-state index contributed by atoms with van der Waals surface area (Å²) in [5.41, 5.74) is 15.9. The van der Waals surface area contributed by atoms with Gasteiger partial charge in [0.1, 0.15) is 0 Å². The van der Waals surface area contributed by atoms with Crippen LogP contribution in [-0.2, 0) is 32.5 Å². The van der Waals surface area contributed by atoms with Gasteiger partial charge in [-0.2, -0.15) is 0 Å². The molecule has 0 aliphatic carbocycles. The predicted molar refractivity (Wildman–Crippen MR) is 410 cm³/mol. The fourth-order valence-corrected chi connectivity index (χ4v) is 16.9. The van der Waals surface area contributed by atoms with E-state index in [1.807, 2.05) is 0 Å². The van der Waals surface area contributed by atoms with Gasteiger partial charge >= 0.3 is 0 Å². The van der Waals surface area contributed by atoms with Crippen molar-refractivity contribution < 1.29 is 0 Å². The van der Waals surface area contributed by atoms with Gasteiger partial charge in [-0.05, 0) is 275 Å². The quantitative estimate of drug-likeness (QED) is 0.122. The van der Waals surface area contributed by atoms with E-state index in [-0.39, 0.29) is 32.5 Å². The molecule has 16 aromatic carbocycles. The Bertz CT molecular complexity index is 5420. The topological polar surface area (TPSA) is 0 Å². The van der Waals surface area contributed by atoms with E-state index in [9.17, 15) is 0 Å². The Kier molecular flexibility index (Phi) is 12.1. The zero-order valence-electron chi connectivity index (χ0n) is 59.0. The van der Waals surface area contributed by atoms with Crippen LogP contribution in [0.4, 0.5) is 0 Å². The van der Waals surface area contributed by atoms with E-state index < -0.39 is 0 Å². The second-order valence-electron chi connectivity index (χ2n) is 35.3. The Hall–Kier alpha value is -8.06. The average Bonchev–Trinajstić information content (AvgIpc) is 1.42. The molecule has 0 aliphatic heterocycles. The van der Waals surface area contributed by atoms with E-state index in [4.69, 9.17) is 0 Å². The summed E-state index contributed by atoms with van der Waals surface area (Å²) in [6.07, 6.45) is 0. The SMILES string of the molecule is CC(C)c1ccc2ccc(C(C)C)c3c4ccc5c6cc7c(-c8cc(C(C)(C)C)cc(C(C)(C)C)c8)c8c9ccc%10c%11cc(C(C)(C)C)cc%12cc(C(C)(C)C)cc(c%13ccc(c8c(-c8cc(C(C)(C)C)cc(C(C)(C)C)c8)c7cc6c6ccc(c1c23)c4c65)c9c%13%10)c%12%11. The minimum absolute atomic E-state index is 0.0418. The molecule has 0 aromatic heterocycles. The van der Waals surface area contributed by atoms with Crippen LogP contribution < -0.4 is 0 Å². The van der Waals surface area contributed by atoms with E-state index >= 15 is 0 Å². The zero-order valence-corrected chi connectivity index (χ0v) is 59.0. The Morgan fingerprint density at radius 1 is 0.196 bits per heavy atom. The normalized spacial score (nSPS) is 14.0. The number of hydrogen-bond donors (Lipinski definition) is 0. The van der Waals surface area contributed by atoms with E-state index in [0.717, 1.165) is 0 Å². The van der Waals surface area contributed by atoms with Crippen molar-refractivity contribution in [2.75, 3.05) is 0 Å². The van der Waals surface area contributed by atoms with Crippen molar-refractivity contribution >= 4 is 140 Å². The Morgan fingerprint density at radius 2 is 0.478 bits per heavy atom. The molecule has 0 amide bonds. The molecule has 0 spiro atoms. The van der Waals surface area contributed by atoms with Gasteiger partial charge in [-0.1, -0.05) is 274 Å². The fraction of sp³-hybridized carbons (Fsp3) is 0.326. The van der Waals surface area contributed by atoms with Crippen LogP contribution in [0.25, 0.3) is 162 Å². The summed E-state index contributed by atoms with van der Waals surface area (Å²) in [5, 5.41) is 35.5. The molecule has 0 heterocycles. The smallest absolute Gasteiger partial charge is 0.000740 e. The molecule has 0 unspecified atom stereocenters. The summed E-state index contributed by atoms with van der Waals surface area (Å²) in [6.45, 7) is 52.7. The van der Waals surface area contributed by atoms with Gasteiger partial charge in [0.05, 0.1) is 0 Å². The maximum absolute atomic E-state index is 2.69. The molecule has 460 valence electrons. The van der Waals surface area contributed by atoms with E-state index in [2.05, 4.69) is 298 Å².